The fourth-order valence-corrected chi connectivity index (χ4v) is 1.73. The van der Waals surface area contributed by atoms with Crippen molar-refractivity contribution in [1.29, 1.82) is 0 Å². The average Bonchev–Trinajstić information content (AvgIpc) is 2.91. The van der Waals surface area contributed by atoms with Crippen molar-refractivity contribution in [3.8, 4) is 5.69 Å². The second-order valence-electron chi connectivity index (χ2n) is 4.40. The number of nitrogen functional groups attached to an aromatic ring is 1. The number of anilines is 1. The zero-order chi connectivity index (χ0) is 16.5. The van der Waals surface area contributed by atoms with E-state index in [4.69, 9.17) is 10.6 Å². The summed E-state index contributed by atoms with van der Waals surface area (Å²) in [4.78, 5) is 16.8. The lowest BCUT2D eigenvalue weighted by molar-refractivity contribution is -0.141. The highest BCUT2D eigenvalue weighted by Gasteiger charge is 2.36. The van der Waals surface area contributed by atoms with E-state index in [1.807, 2.05) is 0 Å². The van der Waals surface area contributed by atoms with Crippen LogP contribution in [-0.2, 0) is 11.0 Å². The number of carbonyl (C=O) groups excluding carboxylic acids is 1. The van der Waals surface area contributed by atoms with Gasteiger partial charge in [-0.1, -0.05) is 0 Å². The Kier molecular flexibility index (Phi) is 4.09. The molecule has 118 valence electrons. The van der Waals surface area contributed by atoms with Crippen LogP contribution in [0.4, 0.5) is 18.9 Å². The van der Waals surface area contributed by atoms with Crippen LogP contribution in [0.3, 0.4) is 0 Å². The third kappa shape index (κ3) is 3.03. The highest BCUT2D eigenvalue weighted by atomic mass is 19.4. The number of benzene rings is 1. The summed E-state index contributed by atoms with van der Waals surface area (Å²) >= 11 is 0. The monoisotopic (exact) mass is 314 g/mol. The Hall–Kier alpha value is -2.55. The van der Waals surface area contributed by atoms with Gasteiger partial charge in [0.25, 0.3) is 5.91 Å². The molecular formula is C13H13F3N4O2. The molecule has 1 aromatic carbocycles. The molecular weight excluding hydrogens is 301 g/mol. The van der Waals surface area contributed by atoms with Crippen LogP contribution >= 0.6 is 0 Å². The SMILES string of the molecule is CON(C)C(=O)c1cc(C(F)(F)F)nn1-c1ccc(N)cc1. The minimum atomic E-state index is -4.67. The van der Waals surface area contributed by atoms with Gasteiger partial charge in [-0.25, -0.2) is 9.75 Å². The maximum atomic E-state index is 12.9. The summed E-state index contributed by atoms with van der Waals surface area (Å²) in [6.07, 6.45) is -4.67. The molecule has 0 unspecified atom stereocenters. The van der Waals surface area contributed by atoms with Crippen molar-refractivity contribution in [2.75, 3.05) is 19.9 Å². The molecule has 2 rings (SSSR count). The van der Waals surface area contributed by atoms with Crippen LogP contribution in [0, 0.1) is 0 Å². The highest BCUT2D eigenvalue weighted by molar-refractivity contribution is 5.92. The van der Waals surface area contributed by atoms with E-state index in [1.165, 1.54) is 38.4 Å². The first-order valence-corrected chi connectivity index (χ1v) is 6.09. The van der Waals surface area contributed by atoms with Gasteiger partial charge < -0.3 is 5.73 Å². The molecule has 0 atom stereocenters. The average molecular weight is 314 g/mol. The molecule has 0 saturated heterocycles. The van der Waals surface area contributed by atoms with Gasteiger partial charge >= 0.3 is 6.18 Å². The molecule has 22 heavy (non-hydrogen) atoms. The van der Waals surface area contributed by atoms with E-state index in [-0.39, 0.29) is 11.4 Å². The molecule has 9 heteroatoms. The largest absolute Gasteiger partial charge is 0.435 e. The molecule has 0 aliphatic heterocycles. The number of rotatable bonds is 3. The Labute approximate surface area is 123 Å². The molecule has 0 radical (unpaired) electrons. The number of nitrogens with zero attached hydrogens (tertiary/aromatic N) is 3. The van der Waals surface area contributed by atoms with Crippen molar-refractivity contribution in [2.24, 2.45) is 0 Å². The van der Waals surface area contributed by atoms with Gasteiger partial charge in [0.1, 0.15) is 5.69 Å². The summed E-state index contributed by atoms with van der Waals surface area (Å²) in [5.41, 5.74) is 4.81. The van der Waals surface area contributed by atoms with E-state index in [9.17, 15) is 18.0 Å². The number of alkyl halides is 3. The molecule has 0 saturated carbocycles. The van der Waals surface area contributed by atoms with Gasteiger partial charge in [-0.15, -0.1) is 0 Å². The zero-order valence-electron chi connectivity index (χ0n) is 11.8. The predicted molar refractivity (Wildman–Crippen MR) is 72.1 cm³/mol. The lowest BCUT2D eigenvalue weighted by atomic mass is 10.2. The summed E-state index contributed by atoms with van der Waals surface area (Å²) in [6, 6.07) is 6.60. The van der Waals surface area contributed by atoms with Crippen LogP contribution in [0.5, 0.6) is 0 Å². The predicted octanol–water partition coefficient (Wildman–Crippen LogP) is 2.11. The molecule has 2 aromatic rings. The van der Waals surface area contributed by atoms with Crippen LogP contribution in [-0.4, -0.2) is 34.9 Å². The lowest BCUT2D eigenvalue weighted by Crippen LogP contribution is -2.27. The second-order valence-corrected chi connectivity index (χ2v) is 4.40. The molecule has 0 fully saturated rings. The topological polar surface area (TPSA) is 73.4 Å². The number of halogens is 3. The summed E-state index contributed by atoms with van der Waals surface area (Å²) in [6.45, 7) is 0. The van der Waals surface area contributed by atoms with Crippen LogP contribution in [0.25, 0.3) is 5.69 Å². The van der Waals surface area contributed by atoms with Crippen LogP contribution in [0.2, 0.25) is 0 Å². The van der Waals surface area contributed by atoms with E-state index < -0.39 is 17.8 Å². The minimum Gasteiger partial charge on any atom is -0.399 e. The first-order valence-electron chi connectivity index (χ1n) is 6.09. The van der Waals surface area contributed by atoms with E-state index >= 15 is 0 Å². The molecule has 1 amide bonds. The molecule has 0 bridgehead atoms. The van der Waals surface area contributed by atoms with Gasteiger partial charge in [0.15, 0.2) is 5.69 Å². The van der Waals surface area contributed by atoms with Crippen molar-refractivity contribution in [3.05, 3.63) is 41.7 Å². The number of hydrogen-bond donors (Lipinski definition) is 1. The Morgan fingerprint density at radius 1 is 1.32 bits per heavy atom. The van der Waals surface area contributed by atoms with Gasteiger partial charge in [-0.2, -0.15) is 18.3 Å². The summed E-state index contributed by atoms with van der Waals surface area (Å²) < 4.78 is 39.5. The Morgan fingerprint density at radius 3 is 2.41 bits per heavy atom. The molecule has 1 aromatic heterocycles. The van der Waals surface area contributed by atoms with Gasteiger partial charge in [-0.3, -0.25) is 9.63 Å². The summed E-state index contributed by atoms with van der Waals surface area (Å²) in [5, 5.41) is 4.28. The molecule has 6 nitrogen and oxygen atoms in total. The maximum absolute atomic E-state index is 12.9. The van der Waals surface area contributed by atoms with E-state index in [1.54, 1.807) is 0 Å². The van der Waals surface area contributed by atoms with Crippen LogP contribution < -0.4 is 5.73 Å². The highest BCUT2D eigenvalue weighted by Crippen LogP contribution is 2.30. The van der Waals surface area contributed by atoms with Crippen molar-refractivity contribution in [2.45, 2.75) is 6.18 Å². The standard InChI is InChI=1S/C13H13F3N4O2/c1-19(22-2)12(21)10-7-11(13(14,15)16)18-20(10)9-5-3-8(17)4-6-9/h3-7H,17H2,1-2H3. The number of hydroxylamine groups is 2. The van der Waals surface area contributed by atoms with E-state index in [0.29, 0.717) is 11.8 Å². The number of hydrogen-bond acceptors (Lipinski definition) is 4. The zero-order valence-corrected chi connectivity index (χ0v) is 11.8. The van der Waals surface area contributed by atoms with Gasteiger partial charge in [0.05, 0.1) is 12.8 Å². The lowest BCUT2D eigenvalue weighted by Gasteiger charge is -2.14. The molecule has 1 heterocycles. The normalized spacial score (nSPS) is 11.5. The fourth-order valence-electron chi connectivity index (χ4n) is 1.73. The van der Waals surface area contributed by atoms with Crippen molar-refractivity contribution in [1.82, 2.24) is 14.8 Å². The maximum Gasteiger partial charge on any atom is 0.435 e. The Bertz CT molecular complexity index is 680. The van der Waals surface area contributed by atoms with Gasteiger partial charge in [0, 0.05) is 18.8 Å². The summed E-state index contributed by atoms with van der Waals surface area (Å²) in [5.74, 6) is -0.762. The van der Waals surface area contributed by atoms with Gasteiger partial charge in [-0.05, 0) is 24.3 Å². The van der Waals surface area contributed by atoms with Crippen molar-refractivity contribution >= 4 is 11.6 Å². The van der Waals surface area contributed by atoms with Gasteiger partial charge in [0.2, 0.25) is 0 Å². The molecule has 0 spiro atoms. The Morgan fingerprint density at radius 2 is 1.91 bits per heavy atom. The third-order valence-corrected chi connectivity index (χ3v) is 2.92. The van der Waals surface area contributed by atoms with Crippen LogP contribution in [0.1, 0.15) is 16.2 Å². The smallest absolute Gasteiger partial charge is 0.399 e. The number of amides is 1. The number of aromatic nitrogens is 2. The quantitative estimate of drug-likeness (QED) is 0.695. The fraction of sp³-hybridized carbons (Fsp3) is 0.231. The first-order chi connectivity index (χ1) is 10.2. The first kappa shape index (κ1) is 15.8. The third-order valence-electron chi connectivity index (χ3n) is 2.92. The van der Waals surface area contributed by atoms with Crippen molar-refractivity contribution in [3.63, 3.8) is 0 Å². The molecule has 2 N–H and O–H groups in total. The number of nitrogens with two attached hydrogens (primary N) is 1. The minimum absolute atomic E-state index is 0.276. The Balaban J connectivity index is 2.57. The van der Waals surface area contributed by atoms with Crippen molar-refractivity contribution < 1.29 is 22.8 Å². The van der Waals surface area contributed by atoms with Crippen LogP contribution in [0.15, 0.2) is 30.3 Å². The summed E-state index contributed by atoms with van der Waals surface area (Å²) in [7, 11) is 2.52. The van der Waals surface area contributed by atoms with E-state index in [0.717, 1.165) is 9.75 Å². The number of carbonyl (C=O) groups is 1. The second kappa shape index (κ2) is 5.68. The molecule has 0 aliphatic rings. The molecule has 0 aliphatic carbocycles. The van der Waals surface area contributed by atoms with E-state index in [2.05, 4.69) is 5.10 Å².